The Morgan fingerprint density at radius 1 is 1.31 bits per heavy atom. The van der Waals surface area contributed by atoms with Gasteiger partial charge in [0.25, 0.3) is 0 Å². The zero-order valence-electron chi connectivity index (χ0n) is 14.7. The second-order valence-electron chi connectivity index (χ2n) is 5.93. The summed E-state index contributed by atoms with van der Waals surface area (Å²) in [5, 5.41) is 5.43. The van der Waals surface area contributed by atoms with E-state index in [0.29, 0.717) is 22.8 Å². The SMILES string of the molecule is CCC(C(=O)Nc1cc(Cl)ccc1C)n1c(C(=O)OC)cc2sccc21. The minimum absolute atomic E-state index is 0.202. The number of carbonyl (C=O) groups is 2. The quantitative estimate of drug-likeness (QED) is 0.621. The van der Waals surface area contributed by atoms with Crippen LogP contribution in [0.2, 0.25) is 5.02 Å². The third-order valence-corrected chi connectivity index (χ3v) is 5.40. The molecule has 0 radical (unpaired) electrons. The van der Waals surface area contributed by atoms with Crippen LogP contribution >= 0.6 is 22.9 Å². The van der Waals surface area contributed by atoms with Crippen LogP contribution in [0.3, 0.4) is 0 Å². The molecule has 0 aliphatic heterocycles. The van der Waals surface area contributed by atoms with Crippen molar-refractivity contribution in [2.24, 2.45) is 0 Å². The van der Waals surface area contributed by atoms with E-state index in [-0.39, 0.29) is 5.91 Å². The molecule has 0 aliphatic rings. The fourth-order valence-electron chi connectivity index (χ4n) is 2.97. The van der Waals surface area contributed by atoms with Crippen molar-refractivity contribution in [3.63, 3.8) is 0 Å². The van der Waals surface area contributed by atoms with Gasteiger partial charge in [-0.05, 0) is 48.6 Å². The molecule has 0 bridgehead atoms. The Kier molecular flexibility index (Phi) is 5.34. The molecule has 1 aromatic carbocycles. The highest BCUT2D eigenvalue weighted by Gasteiger charge is 2.27. The zero-order valence-corrected chi connectivity index (χ0v) is 16.3. The number of nitrogens with zero attached hydrogens (tertiary/aromatic N) is 1. The number of carbonyl (C=O) groups excluding carboxylic acids is 2. The van der Waals surface area contributed by atoms with Crippen LogP contribution in [-0.2, 0) is 9.53 Å². The minimum Gasteiger partial charge on any atom is -0.464 e. The molecule has 1 N–H and O–H groups in total. The standard InChI is InChI=1S/C19H19ClN2O3S/c1-4-14(18(23)21-13-9-12(20)6-5-11(13)2)22-15-7-8-26-17(15)10-16(22)19(24)25-3/h5-10,14H,4H2,1-3H3,(H,21,23). The second-order valence-corrected chi connectivity index (χ2v) is 7.32. The normalized spacial score (nSPS) is 12.2. The maximum absolute atomic E-state index is 13.0. The highest BCUT2D eigenvalue weighted by Crippen LogP contribution is 2.31. The Labute approximate surface area is 160 Å². The molecule has 26 heavy (non-hydrogen) atoms. The number of rotatable bonds is 5. The van der Waals surface area contributed by atoms with Gasteiger partial charge >= 0.3 is 5.97 Å². The number of hydrogen-bond acceptors (Lipinski definition) is 4. The van der Waals surface area contributed by atoms with Crippen molar-refractivity contribution in [1.82, 2.24) is 4.57 Å². The number of halogens is 1. The highest BCUT2D eigenvalue weighted by molar-refractivity contribution is 7.17. The summed E-state index contributed by atoms with van der Waals surface area (Å²) >= 11 is 7.57. The van der Waals surface area contributed by atoms with Gasteiger partial charge in [0.15, 0.2) is 0 Å². The van der Waals surface area contributed by atoms with E-state index in [2.05, 4.69) is 5.32 Å². The van der Waals surface area contributed by atoms with Crippen LogP contribution in [0.15, 0.2) is 35.7 Å². The van der Waals surface area contributed by atoms with Crippen LogP contribution in [-0.4, -0.2) is 23.6 Å². The second kappa shape index (κ2) is 7.51. The fourth-order valence-corrected chi connectivity index (χ4v) is 3.95. The van der Waals surface area contributed by atoms with E-state index in [1.807, 2.05) is 31.4 Å². The summed E-state index contributed by atoms with van der Waals surface area (Å²) in [6.45, 7) is 3.81. The predicted octanol–water partition coefficient (Wildman–Crippen LogP) is 5.04. The van der Waals surface area contributed by atoms with Crippen molar-refractivity contribution in [3.05, 3.63) is 52.0 Å². The van der Waals surface area contributed by atoms with Crippen LogP contribution in [0, 0.1) is 6.92 Å². The van der Waals surface area contributed by atoms with Crippen molar-refractivity contribution in [3.8, 4) is 0 Å². The first-order valence-electron chi connectivity index (χ1n) is 8.20. The van der Waals surface area contributed by atoms with Gasteiger partial charge in [-0.15, -0.1) is 11.3 Å². The Morgan fingerprint density at radius 2 is 2.08 bits per heavy atom. The summed E-state index contributed by atoms with van der Waals surface area (Å²) in [5.74, 6) is -0.662. The summed E-state index contributed by atoms with van der Waals surface area (Å²) in [6, 6.07) is 8.48. The number of aromatic nitrogens is 1. The molecule has 0 saturated heterocycles. The number of benzene rings is 1. The molecule has 0 saturated carbocycles. The van der Waals surface area contributed by atoms with Gasteiger partial charge in [-0.2, -0.15) is 0 Å². The number of nitrogens with one attached hydrogen (secondary N) is 1. The molecule has 1 amide bonds. The number of esters is 1. The first-order chi connectivity index (χ1) is 12.5. The van der Waals surface area contributed by atoms with E-state index in [0.717, 1.165) is 15.8 Å². The smallest absolute Gasteiger partial charge is 0.354 e. The van der Waals surface area contributed by atoms with Gasteiger partial charge in [-0.1, -0.05) is 24.6 Å². The summed E-state index contributed by atoms with van der Waals surface area (Å²) < 4.78 is 7.60. The van der Waals surface area contributed by atoms with Gasteiger partial charge in [0.05, 0.1) is 17.3 Å². The minimum atomic E-state index is -0.547. The summed E-state index contributed by atoms with van der Waals surface area (Å²) in [6.07, 6.45) is 0.523. The molecule has 1 atom stereocenters. The van der Waals surface area contributed by atoms with Crippen molar-refractivity contribution in [1.29, 1.82) is 0 Å². The Morgan fingerprint density at radius 3 is 2.77 bits per heavy atom. The molecule has 2 aromatic heterocycles. The number of methoxy groups -OCH3 is 1. The summed E-state index contributed by atoms with van der Waals surface area (Å²) in [5.41, 5.74) is 2.80. The van der Waals surface area contributed by atoms with E-state index < -0.39 is 12.0 Å². The highest BCUT2D eigenvalue weighted by atomic mass is 35.5. The largest absolute Gasteiger partial charge is 0.464 e. The molecule has 0 aliphatic carbocycles. The van der Waals surface area contributed by atoms with Gasteiger partial charge in [0.2, 0.25) is 5.91 Å². The van der Waals surface area contributed by atoms with E-state index in [4.69, 9.17) is 16.3 Å². The van der Waals surface area contributed by atoms with Gasteiger partial charge in [0, 0.05) is 10.7 Å². The maximum atomic E-state index is 13.0. The lowest BCUT2D eigenvalue weighted by molar-refractivity contribution is -0.119. The number of aryl methyl sites for hydroxylation is 1. The van der Waals surface area contributed by atoms with E-state index in [1.165, 1.54) is 18.4 Å². The van der Waals surface area contributed by atoms with Gasteiger partial charge in [-0.25, -0.2) is 4.79 Å². The lowest BCUT2D eigenvalue weighted by atomic mass is 10.1. The van der Waals surface area contributed by atoms with Crippen LogP contribution in [0.25, 0.3) is 10.2 Å². The third kappa shape index (κ3) is 3.34. The maximum Gasteiger partial charge on any atom is 0.354 e. The van der Waals surface area contributed by atoms with Crippen LogP contribution < -0.4 is 5.32 Å². The summed E-state index contributed by atoms with van der Waals surface area (Å²) in [7, 11) is 1.34. The molecular weight excluding hydrogens is 372 g/mol. The van der Waals surface area contributed by atoms with Crippen LogP contribution in [0.4, 0.5) is 5.69 Å². The molecule has 136 valence electrons. The van der Waals surface area contributed by atoms with Gasteiger partial charge in [0.1, 0.15) is 11.7 Å². The topological polar surface area (TPSA) is 60.3 Å². The molecule has 3 rings (SSSR count). The van der Waals surface area contributed by atoms with Gasteiger partial charge in [-0.3, -0.25) is 4.79 Å². The van der Waals surface area contributed by atoms with E-state index >= 15 is 0 Å². The number of thiophene rings is 1. The molecule has 0 fully saturated rings. The van der Waals surface area contributed by atoms with Crippen molar-refractivity contribution in [2.75, 3.05) is 12.4 Å². The van der Waals surface area contributed by atoms with E-state index in [1.54, 1.807) is 22.8 Å². The Hall–Kier alpha value is -2.31. The molecule has 1 unspecified atom stereocenters. The van der Waals surface area contributed by atoms with E-state index in [9.17, 15) is 9.59 Å². The van der Waals surface area contributed by atoms with Gasteiger partial charge < -0.3 is 14.6 Å². The molecule has 5 nitrogen and oxygen atoms in total. The lowest BCUT2D eigenvalue weighted by Crippen LogP contribution is -2.28. The number of hydrogen-bond donors (Lipinski definition) is 1. The monoisotopic (exact) mass is 390 g/mol. The molecule has 0 spiro atoms. The number of anilines is 1. The fraction of sp³-hybridized carbons (Fsp3) is 0.263. The number of amides is 1. The first kappa shape index (κ1) is 18.5. The van der Waals surface area contributed by atoms with Crippen LogP contribution in [0.1, 0.15) is 35.4 Å². The number of ether oxygens (including phenoxy) is 1. The van der Waals surface area contributed by atoms with Crippen LogP contribution in [0.5, 0.6) is 0 Å². The zero-order chi connectivity index (χ0) is 18.8. The molecule has 7 heteroatoms. The van der Waals surface area contributed by atoms with Crippen molar-refractivity contribution >= 4 is 50.7 Å². The predicted molar refractivity (Wildman–Crippen MR) is 105 cm³/mol. The Balaban J connectivity index is 2.02. The Bertz CT molecular complexity index is 976. The molecule has 2 heterocycles. The third-order valence-electron chi connectivity index (χ3n) is 4.31. The van der Waals surface area contributed by atoms with Crippen molar-refractivity contribution < 1.29 is 14.3 Å². The molecular formula is C19H19ClN2O3S. The average molecular weight is 391 g/mol. The molecule has 3 aromatic rings. The summed E-state index contributed by atoms with van der Waals surface area (Å²) in [4.78, 5) is 25.2. The number of fused-ring (bicyclic) bond motifs is 1. The average Bonchev–Trinajstić information content (AvgIpc) is 3.20. The van der Waals surface area contributed by atoms with Crippen molar-refractivity contribution in [2.45, 2.75) is 26.3 Å². The first-order valence-corrected chi connectivity index (χ1v) is 9.45. The lowest BCUT2D eigenvalue weighted by Gasteiger charge is -2.20.